The Morgan fingerprint density at radius 1 is 1.47 bits per heavy atom. The van der Waals surface area contributed by atoms with Gasteiger partial charge in [0.15, 0.2) is 0 Å². The summed E-state index contributed by atoms with van der Waals surface area (Å²) in [6, 6.07) is 7.87. The third kappa shape index (κ3) is 3.88. The number of benzene rings is 1. The van der Waals surface area contributed by atoms with Crippen LogP contribution in [0.2, 0.25) is 0 Å². The van der Waals surface area contributed by atoms with E-state index >= 15 is 0 Å². The van der Waals surface area contributed by atoms with E-state index in [0.717, 1.165) is 22.9 Å². The molecule has 1 aromatic rings. The van der Waals surface area contributed by atoms with Gasteiger partial charge in [-0.05, 0) is 24.6 Å². The molecule has 1 atom stereocenters. The molecule has 104 valence electrons. The summed E-state index contributed by atoms with van der Waals surface area (Å²) >= 11 is 1.77. The molecule has 1 saturated heterocycles. The second-order valence-electron chi connectivity index (χ2n) is 4.54. The number of amides is 1. The highest BCUT2D eigenvalue weighted by Crippen LogP contribution is 2.15. The largest absolute Gasteiger partial charge is 0.494 e. The van der Waals surface area contributed by atoms with Gasteiger partial charge in [0, 0.05) is 25.2 Å². The van der Waals surface area contributed by atoms with Crippen LogP contribution in [0, 0.1) is 0 Å². The van der Waals surface area contributed by atoms with Crippen LogP contribution in [0.5, 0.6) is 5.75 Å². The average molecular weight is 280 g/mol. The fourth-order valence-electron chi connectivity index (χ4n) is 2.03. The number of hydrogen-bond donors (Lipinski definition) is 1. The smallest absolute Gasteiger partial charge is 0.240 e. The van der Waals surface area contributed by atoms with Crippen molar-refractivity contribution in [3.05, 3.63) is 29.8 Å². The molecule has 0 bridgehead atoms. The Labute approximate surface area is 118 Å². The van der Waals surface area contributed by atoms with Crippen molar-refractivity contribution >= 4 is 17.7 Å². The zero-order valence-electron chi connectivity index (χ0n) is 11.4. The average Bonchev–Trinajstić information content (AvgIpc) is 2.94. The Hall–Kier alpha value is -1.20. The van der Waals surface area contributed by atoms with Crippen LogP contribution in [0.3, 0.4) is 0 Å². The molecule has 1 unspecified atom stereocenters. The Bertz CT molecular complexity index is 416. The minimum absolute atomic E-state index is 0.0299. The Morgan fingerprint density at radius 3 is 2.79 bits per heavy atom. The van der Waals surface area contributed by atoms with Crippen molar-refractivity contribution in [1.29, 1.82) is 0 Å². The molecule has 0 radical (unpaired) electrons. The van der Waals surface area contributed by atoms with Crippen LogP contribution in [-0.4, -0.2) is 42.1 Å². The van der Waals surface area contributed by atoms with Crippen LogP contribution in [0.15, 0.2) is 24.3 Å². The van der Waals surface area contributed by atoms with Gasteiger partial charge >= 0.3 is 0 Å². The highest BCUT2D eigenvalue weighted by Gasteiger charge is 2.25. The summed E-state index contributed by atoms with van der Waals surface area (Å²) in [5.74, 6) is 2.77. The van der Waals surface area contributed by atoms with E-state index in [-0.39, 0.29) is 11.9 Å². The third-order valence-corrected chi connectivity index (χ3v) is 3.98. The molecule has 1 fully saturated rings. The number of thioether (sulfide) groups is 1. The fourth-order valence-corrected chi connectivity index (χ4v) is 2.96. The summed E-state index contributed by atoms with van der Waals surface area (Å²) in [4.78, 5) is 13.9. The molecule has 1 N–H and O–H groups in total. The van der Waals surface area contributed by atoms with Crippen LogP contribution in [0.25, 0.3) is 0 Å². The Kier molecular flexibility index (Phi) is 5.10. The number of nitrogens with one attached hydrogen (secondary N) is 1. The Morgan fingerprint density at radius 2 is 2.21 bits per heavy atom. The molecule has 0 saturated carbocycles. The minimum atomic E-state index is -0.0299. The maximum absolute atomic E-state index is 12.1. The van der Waals surface area contributed by atoms with Crippen molar-refractivity contribution in [3.8, 4) is 5.75 Å². The lowest BCUT2D eigenvalue weighted by atomic mass is 10.2. The zero-order valence-corrected chi connectivity index (χ0v) is 12.2. The van der Waals surface area contributed by atoms with Crippen LogP contribution in [0.4, 0.5) is 0 Å². The number of hydrogen-bond acceptors (Lipinski definition) is 4. The second-order valence-corrected chi connectivity index (χ2v) is 5.57. The van der Waals surface area contributed by atoms with Crippen LogP contribution < -0.4 is 10.1 Å². The zero-order chi connectivity index (χ0) is 13.7. The normalized spacial score (nSPS) is 18.3. The highest BCUT2D eigenvalue weighted by molar-refractivity contribution is 7.99. The lowest BCUT2D eigenvalue weighted by Gasteiger charge is -2.21. The van der Waals surface area contributed by atoms with E-state index in [2.05, 4.69) is 5.32 Å². The molecule has 19 heavy (non-hydrogen) atoms. The van der Waals surface area contributed by atoms with Crippen molar-refractivity contribution in [3.63, 3.8) is 0 Å². The van der Waals surface area contributed by atoms with E-state index in [0.29, 0.717) is 13.2 Å². The number of likely N-dealkylation sites (N-methyl/N-ethyl adjacent to an activating group) is 1. The molecular weight excluding hydrogens is 260 g/mol. The van der Waals surface area contributed by atoms with Crippen molar-refractivity contribution < 1.29 is 9.53 Å². The van der Waals surface area contributed by atoms with Crippen molar-refractivity contribution in [2.75, 3.05) is 25.3 Å². The first-order valence-corrected chi connectivity index (χ1v) is 7.64. The van der Waals surface area contributed by atoms with Crippen LogP contribution >= 0.6 is 11.8 Å². The molecule has 1 aromatic carbocycles. The fraction of sp³-hybridized carbons (Fsp3) is 0.500. The molecule has 1 aliphatic rings. The summed E-state index contributed by atoms with van der Waals surface area (Å²) in [6.07, 6.45) is 0. The van der Waals surface area contributed by atoms with E-state index in [1.54, 1.807) is 16.7 Å². The molecular formula is C14H20N2O2S. The van der Waals surface area contributed by atoms with E-state index in [1.165, 1.54) is 0 Å². The number of rotatable bonds is 5. The predicted molar refractivity (Wildman–Crippen MR) is 78.3 cm³/mol. The maximum atomic E-state index is 12.1. The predicted octanol–water partition coefficient (Wildman–Crippen LogP) is 1.71. The van der Waals surface area contributed by atoms with Gasteiger partial charge in [0.05, 0.1) is 12.6 Å². The first-order chi connectivity index (χ1) is 9.20. The lowest BCUT2D eigenvalue weighted by Crippen LogP contribution is -2.42. The molecule has 4 nitrogen and oxygen atoms in total. The molecule has 0 aromatic heterocycles. The summed E-state index contributed by atoms with van der Waals surface area (Å²) in [5, 5.41) is 3.20. The summed E-state index contributed by atoms with van der Waals surface area (Å²) in [6.45, 7) is 3.27. The first kappa shape index (κ1) is 14.2. The highest BCUT2D eigenvalue weighted by atomic mass is 32.2. The molecule has 0 spiro atoms. The topological polar surface area (TPSA) is 41.6 Å². The first-order valence-electron chi connectivity index (χ1n) is 6.48. The summed E-state index contributed by atoms with van der Waals surface area (Å²) < 4.78 is 5.40. The third-order valence-electron chi connectivity index (χ3n) is 3.04. The van der Waals surface area contributed by atoms with Gasteiger partial charge in [-0.3, -0.25) is 10.1 Å². The van der Waals surface area contributed by atoms with Gasteiger partial charge in [-0.2, -0.15) is 0 Å². The van der Waals surface area contributed by atoms with E-state index in [4.69, 9.17) is 4.74 Å². The molecule has 1 aliphatic heterocycles. The molecule has 2 rings (SSSR count). The molecule has 1 amide bonds. The van der Waals surface area contributed by atoms with Crippen molar-refractivity contribution in [2.24, 2.45) is 0 Å². The van der Waals surface area contributed by atoms with E-state index in [1.807, 2.05) is 38.2 Å². The molecule has 0 aliphatic carbocycles. The van der Waals surface area contributed by atoms with Gasteiger partial charge in [-0.25, -0.2) is 0 Å². The van der Waals surface area contributed by atoms with Crippen LogP contribution in [0.1, 0.15) is 12.5 Å². The molecule has 1 heterocycles. The molecule has 5 heteroatoms. The van der Waals surface area contributed by atoms with Gasteiger partial charge < -0.3 is 9.64 Å². The van der Waals surface area contributed by atoms with Gasteiger partial charge in [-0.15, -0.1) is 11.8 Å². The van der Waals surface area contributed by atoms with Gasteiger partial charge in [0.2, 0.25) is 5.91 Å². The number of nitrogens with zero attached hydrogens (tertiary/aromatic N) is 1. The van der Waals surface area contributed by atoms with E-state index < -0.39 is 0 Å². The van der Waals surface area contributed by atoms with Crippen molar-refractivity contribution in [2.45, 2.75) is 19.5 Å². The van der Waals surface area contributed by atoms with Gasteiger partial charge in [-0.1, -0.05) is 12.1 Å². The van der Waals surface area contributed by atoms with Crippen LogP contribution in [-0.2, 0) is 11.3 Å². The van der Waals surface area contributed by atoms with E-state index in [9.17, 15) is 4.79 Å². The minimum Gasteiger partial charge on any atom is -0.494 e. The number of carbonyl (C=O) groups is 1. The maximum Gasteiger partial charge on any atom is 0.240 e. The number of ether oxygens (including phenoxy) is 1. The Balaban J connectivity index is 1.90. The standard InChI is InChI=1S/C14H20N2O2S/c1-3-18-12-6-4-11(5-7-12)8-16(2)14(17)13-9-19-10-15-13/h4-7,13,15H,3,8-10H2,1-2H3. The summed E-state index contributed by atoms with van der Waals surface area (Å²) in [7, 11) is 1.85. The second kappa shape index (κ2) is 6.82. The summed E-state index contributed by atoms with van der Waals surface area (Å²) in [5.41, 5.74) is 1.12. The van der Waals surface area contributed by atoms with Gasteiger partial charge in [0.1, 0.15) is 5.75 Å². The monoisotopic (exact) mass is 280 g/mol. The van der Waals surface area contributed by atoms with Crippen molar-refractivity contribution in [1.82, 2.24) is 10.2 Å². The van der Waals surface area contributed by atoms with Gasteiger partial charge in [0.25, 0.3) is 0 Å². The SMILES string of the molecule is CCOc1ccc(CN(C)C(=O)C2CSCN2)cc1. The quantitative estimate of drug-likeness (QED) is 0.891. The lowest BCUT2D eigenvalue weighted by molar-refractivity contribution is -0.131. The number of carbonyl (C=O) groups excluding carboxylic acids is 1.